The number of anilines is 1. The van der Waals surface area contributed by atoms with E-state index in [9.17, 15) is 18.0 Å². The molecule has 0 fully saturated rings. The first-order chi connectivity index (χ1) is 18.1. The molecule has 0 saturated heterocycles. The van der Waals surface area contributed by atoms with Gasteiger partial charge in [-0.25, -0.2) is 8.42 Å². The molecule has 7 nitrogen and oxygen atoms in total. The van der Waals surface area contributed by atoms with Crippen molar-refractivity contribution in [3.63, 3.8) is 0 Å². The predicted molar refractivity (Wildman–Crippen MR) is 153 cm³/mol. The van der Waals surface area contributed by atoms with Crippen molar-refractivity contribution in [1.82, 2.24) is 10.2 Å². The average Bonchev–Trinajstić information content (AvgIpc) is 2.89. The molecule has 38 heavy (non-hydrogen) atoms. The van der Waals surface area contributed by atoms with Crippen LogP contribution in [0.25, 0.3) is 0 Å². The number of likely N-dealkylation sites (N-methyl/N-ethyl adjacent to an activating group) is 1. The average molecular weight is 556 g/mol. The fourth-order valence-electron chi connectivity index (χ4n) is 4.19. The first kappa shape index (κ1) is 29.2. The number of sulfonamides is 1. The van der Waals surface area contributed by atoms with Gasteiger partial charge >= 0.3 is 0 Å². The van der Waals surface area contributed by atoms with E-state index >= 15 is 0 Å². The smallest absolute Gasteiger partial charge is 0.244 e. The second-order valence-electron chi connectivity index (χ2n) is 9.04. The van der Waals surface area contributed by atoms with Gasteiger partial charge in [-0.2, -0.15) is 0 Å². The van der Waals surface area contributed by atoms with Crippen LogP contribution in [-0.4, -0.2) is 50.5 Å². The van der Waals surface area contributed by atoms with Crippen molar-refractivity contribution in [2.75, 3.05) is 23.7 Å². The number of halogens is 1. The summed E-state index contributed by atoms with van der Waals surface area (Å²) in [5.74, 6) is -0.813. The Labute approximate surface area is 230 Å². The highest BCUT2D eigenvalue weighted by Crippen LogP contribution is 2.22. The Morgan fingerprint density at radius 1 is 0.895 bits per heavy atom. The Kier molecular flexibility index (Phi) is 10.3. The topological polar surface area (TPSA) is 86.8 Å². The fraction of sp³-hybridized carbons (Fsp3) is 0.310. The molecular formula is C29H34ClN3O4S. The molecule has 0 aliphatic heterocycles. The Bertz CT molecular complexity index is 1330. The SMILES string of the molecule is CCNC(=O)C(Cc1ccccc1)N(Cc1cccc(Cl)c1)C(=O)CN(c1ccc(CC)cc1)S(C)(=O)=O. The summed E-state index contributed by atoms with van der Waals surface area (Å²) >= 11 is 6.21. The molecule has 3 rings (SSSR count). The summed E-state index contributed by atoms with van der Waals surface area (Å²) in [6, 6.07) is 22.7. The summed E-state index contributed by atoms with van der Waals surface area (Å²) in [6.45, 7) is 3.85. The second kappa shape index (κ2) is 13.4. The van der Waals surface area contributed by atoms with Crippen molar-refractivity contribution in [3.05, 3.63) is 101 Å². The van der Waals surface area contributed by atoms with E-state index in [1.165, 1.54) is 4.90 Å². The molecule has 2 amide bonds. The minimum atomic E-state index is -3.80. The minimum absolute atomic E-state index is 0.0837. The third-order valence-corrected chi connectivity index (χ3v) is 7.55. The van der Waals surface area contributed by atoms with Crippen molar-refractivity contribution < 1.29 is 18.0 Å². The van der Waals surface area contributed by atoms with E-state index in [0.717, 1.165) is 33.7 Å². The van der Waals surface area contributed by atoms with Gasteiger partial charge in [0.25, 0.3) is 0 Å². The van der Waals surface area contributed by atoms with Gasteiger partial charge in [0.05, 0.1) is 11.9 Å². The maximum absolute atomic E-state index is 13.9. The molecule has 0 aliphatic rings. The molecule has 0 heterocycles. The van der Waals surface area contributed by atoms with Crippen molar-refractivity contribution in [2.45, 2.75) is 39.3 Å². The number of amides is 2. The Morgan fingerprint density at radius 3 is 2.13 bits per heavy atom. The third-order valence-electron chi connectivity index (χ3n) is 6.18. The van der Waals surface area contributed by atoms with Gasteiger partial charge < -0.3 is 10.2 Å². The first-order valence-electron chi connectivity index (χ1n) is 12.5. The molecule has 0 saturated carbocycles. The van der Waals surface area contributed by atoms with Crippen LogP contribution in [0.5, 0.6) is 0 Å². The van der Waals surface area contributed by atoms with Gasteiger partial charge in [0.1, 0.15) is 12.6 Å². The van der Waals surface area contributed by atoms with E-state index in [4.69, 9.17) is 11.6 Å². The van der Waals surface area contributed by atoms with Gasteiger partial charge in [0.15, 0.2) is 0 Å². The Balaban J connectivity index is 2.02. The molecule has 1 unspecified atom stereocenters. The third kappa shape index (κ3) is 8.07. The summed E-state index contributed by atoms with van der Waals surface area (Å²) in [6.07, 6.45) is 2.14. The van der Waals surface area contributed by atoms with Crippen LogP contribution >= 0.6 is 11.6 Å². The summed E-state index contributed by atoms with van der Waals surface area (Å²) < 4.78 is 26.7. The van der Waals surface area contributed by atoms with E-state index in [-0.39, 0.29) is 18.9 Å². The quantitative estimate of drug-likeness (QED) is 0.358. The van der Waals surface area contributed by atoms with E-state index in [1.807, 2.05) is 62.4 Å². The van der Waals surface area contributed by atoms with Gasteiger partial charge in [0.2, 0.25) is 21.8 Å². The lowest BCUT2D eigenvalue weighted by Crippen LogP contribution is -2.53. The van der Waals surface area contributed by atoms with Crippen molar-refractivity contribution in [1.29, 1.82) is 0 Å². The van der Waals surface area contributed by atoms with Crippen molar-refractivity contribution in [2.24, 2.45) is 0 Å². The van der Waals surface area contributed by atoms with Gasteiger partial charge in [-0.1, -0.05) is 73.1 Å². The molecule has 1 atom stereocenters. The zero-order chi connectivity index (χ0) is 27.7. The van der Waals surface area contributed by atoms with Crippen LogP contribution in [0.2, 0.25) is 5.02 Å². The highest BCUT2D eigenvalue weighted by molar-refractivity contribution is 7.92. The summed E-state index contributed by atoms with van der Waals surface area (Å²) in [5, 5.41) is 3.34. The number of carbonyl (C=O) groups is 2. The summed E-state index contributed by atoms with van der Waals surface area (Å²) in [7, 11) is -3.80. The van der Waals surface area contributed by atoms with Crippen LogP contribution in [0.3, 0.4) is 0 Å². The van der Waals surface area contributed by atoms with Crippen LogP contribution in [0.4, 0.5) is 5.69 Å². The molecule has 0 bridgehead atoms. The van der Waals surface area contributed by atoms with Gasteiger partial charge in [-0.05, 0) is 54.3 Å². The van der Waals surface area contributed by atoms with E-state index in [2.05, 4.69) is 5.32 Å². The lowest BCUT2D eigenvalue weighted by molar-refractivity contribution is -0.140. The normalized spacial score (nSPS) is 12.0. The highest BCUT2D eigenvalue weighted by atomic mass is 35.5. The van der Waals surface area contributed by atoms with Crippen LogP contribution in [0.1, 0.15) is 30.5 Å². The number of aryl methyl sites for hydroxylation is 1. The molecule has 0 aromatic heterocycles. The molecule has 1 N–H and O–H groups in total. The number of carbonyl (C=O) groups excluding carboxylic acids is 2. The van der Waals surface area contributed by atoms with Gasteiger partial charge in [-0.15, -0.1) is 0 Å². The number of nitrogens with zero attached hydrogens (tertiary/aromatic N) is 2. The van der Waals surface area contributed by atoms with Gasteiger partial charge in [0, 0.05) is 24.5 Å². The Morgan fingerprint density at radius 2 is 1.55 bits per heavy atom. The molecule has 0 radical (unpaired) electrons. The lowest BCUT2D eigenvalue weighted by atomic mass is 10.0. The molecule has 0 aliphatic carbocycles. The van der Waals surface area contributed by atoms with Crippen molar-refractivity contribution in [3.8, 4) is 0 Å². The maximum atomic E-state index is 13.9. The van der Waals surface area contributed by atoms with Crippen LogP contribution in [0.15, 0.2) is 78.9 Å². The summed E-state index contributed by atoms with van der Waals surface area (Å²) in [5.41, 5.74) is 3.04. The van der Waals surface area contributed by atoms with E-state index < -0.39 is 28.5 Å². The van der Waals surface area contributed by atoms with E-state index in [0.29, 0.717) is 17.3 Å². The largest absolute Gasteiger partial charge is 0.355 e. The van der Waals surface area contributed by atoms with Crippen LogP contribution in [-0.2, 0) is 39.0 Å². The molecular weight excluding hydrogens is 522 g/mol. The molecule has 0 spiro atoms. The maximum Gasteiger partial charge on any atom is 0.244 e. The van der Waals surface area contributed by atoms with Crippen LogP contribution in [0, 0.1) is 0 Å². The first-order valence-corrected chi connectivity index (χ1v) is 14.8. The van der Waals surface area contributed by atoms with Gasteiger partial charge in [-0.3, -0.25) is 13.9 Å². The summed E-state index contributed by atoms with van der Waals surface area (Å²) in [4.78, 5) is 28.7. The zero-order valence-corrected chi connectivity index (χ0v) is 23.5. The monoisotopic (exact) mass is 555 g/mol. The zero-order valence-electron chi connectivity index (χ0n) is 21.9. The second-order valence-corrected chi connectivity index (χ2v) is 11.4. The van der Waals surface area contributed by atoms with Crippen molar-refractivity contribution >= 4 is 39.1 Å². The number of rotatable bonds is 12. The highest BCUT2D eigenvalue weighted by Gasteiger charge is 2.32. The number of hydrogen-bond acceptors (Lipinski definition) is 4. The molecule has 202 valence electrons. The minimum Gasteiger partial charge on any atom is -0.355 e. The number of benzene rings is 3. The fourth-order valence-corrected chi connectivity index (χ4v) is 5.25. The molecule has 3 aromatic rings. The number of nitrogens with one attached hydrogen (secondary N) is 1. The number of hydrogen-bond donors (Lipinski definition) is 1. The predicted octanol–water partition coefficient (Wildman–Crippen LogP) is 4.44. The standard InChI is InChI=1S/C29H34ClN3O4S/c1-4-22-14-16-26(17-15-22)33(38(3,36)37)21-28(34)32(20-24-12-9-13-25(30)18-24)27(29(35)31-5-2)19-23-10-7-6-8-11-23/h6-18,27H,4-5,19-21H2,1-3H3,(H,31,35). The molecule has 3 aromatic carbocycles. The Hall–Kier alpha value is -3.36. The van der Waals surface area contributed by atoms with E-state index in [1.54, 1.807) is 30.3 Å². The van der Waals surface area contributed by atoms with Crippen LogP contribution < -0.4 is 9.62 Å². The molecule has 9 heteroatoms. The lowest BCUT2D eigenvalue weighted by Gasteiger charge is -2.33.